The van der Waals surface area contributed by atoms with Gasteiger partial charge in [-0.05, 0) is 43.9 Å². The fourth-order valence-corrected chi connectivity index (χ4v) is 3.45. The second-order valence-electron chi connectivity index (χ2n) is 5.88. The molecule has 3 heterocycles. The van der Waals surface area contributed by atoms with Crippen LogP contribution in [0.5, 0.6) is 0 Å². The van der Waals surface area contributed by atoms with Crippen LogP contribution in [0, 0.1) is 13.8 Å². The predicted octanol–water partition coefficient (Wildman–Crippen LogP) is 1.90. The summed E-state index contributed by atoms with van der Waals surface area (Å²) in [5.41, 5.74) is 2.86. The molecule has 0 aliphatic carbocycles. The van der Waals surface area contributed by atoms with Gasteiger partial charge < -0.3 is 4.90 Å². The maximum absolute atomic E-state index is 12.6. The van der Waals surface area contributed by atoms with Crippen molar-refractivity contribution in [3.63, 3.8) is 0 Å². The normalized spacial score (nSPS) is 16.3. The second-order valence-corrected chi connectivity index (χ2v) is 6.63. The van der Waals surface area contributed by atoms with Crippen molar-refractivity contribution in [3.8, 4) is 0 Å². The zero-order valence-electron chi connectivity index (χ0n) is 13.5. The van der Waals surface area contributed by atoms with Crippen LogP contribution in [0.2, 0.25) is 0 Å². The lowest BCUT2D eigenvalue weighted by Gasteiger charge is -2.21. The molecule has 1 fully saturated rings. The average molecular weight is 331 g/mol. The summed E-state index contributed by atoms with van der Waals surface area (Å²) in [6, 6.07) is 6.12. The Morgan fingerprint density at radius 3 is 2.83 bits per heavy atom. The molecular formula is C16H21N5OS. The van der Waals surface area contributed by atoms with E-state index in [-0.39, 0.29) is 5.91 Å². The highest BCUT2D eigenvalue weighted by Gasteiger charge is 2.23. The molecule has 1 saturated heterocycles. The van der Waals surface area contributed by atoms with Crippen molar-refractivity contribution in [2.75, 3.05) is 26.2 Å². The minimum atomic E-state index is 0.0630. The van der Waals surface area contributed by atoms with Gasteiger partial charge in [0.15, 0.2) is 0 Å². The van der Waals surface area contributed by atoms with Gasteiger partial charge in [0.1, 0.15) is 4.88 Å². The summed E-state index contributed by atoms with van der Waals surface area (Å²) >= 11 is 1.19. The molecule has 1 aliphatic heterocycles. The fraction of sp³-hybridized carbons (Fsp3) is 0.500. The van der Waals surface area contributed by atoms with Crippen LogP contribution in [-0.4, -0.2) is 56.5 Å². The SMILES string of the molecule is Cc1cccc(CN2CCCN(C(=O)c3snnc3C)CC2)n1. The first-order chi connectivity index (χ1) is 11.1. The van der Waals surface area contributed by atoms with Crippen molar-refractivity contribution >= 4 is 17.4 Å². The molecule has 7 heteroatoms. The summed E-state index contributed by atoms with van der Waals surface area (Å²) in [7, 11) is 0. The number of aryl methyl sites for hydroxylation is 2. The number of carbonyl (C=O) groups excluding carboxylic acids is 1. The molecule has 0 aromatic carbocycles. The number of nitrogens with zero attached hydrogens (tertiary/aromatic N) is 5. The molecule has 0 bridgehead atoms. The van der Waals surface area contributed by atoms with Gasteiger partial charge in [-0.3, -0.25) is 14.7 Å². The first-order valence-electron chi connectivity index (χ1n) is 7.86. The number of aromatic nitrogens is 3. The van der Waals surface area contributed by atoms with Gasteiger partial charge in [-0.2, -0.15) is 0 Å². The average Bonchev–Trinajstić information content (AvgIpc) is 2.81. The van der Waals surface area contributed by atoms with Gasteiger partial charge in [0.05, 0.1) is 11.4 Å². The third kappa shape index (κ3) is 3.92. The fourth-order valence-electron chi connectivity index (χ4n) is 2.82. The molecule has 3 rings (SSSR count). The number of carbonyl (C=O) groups is 1. The monoisotopic (exact) mass is 331 g/mol. The first kappa shape index (κ1) is 16.0. The molecule has 0 saturated carbocycles. The van der Waals surface area contributed by atoms with E-state index in [0.29, 0.717) is 4.88 Å². The topological polar surface area (TPSA) is 62.2 Å². The molecule has 23 heavy (non-hydrogen) atoms. The highest BCUT2D eigenvalue weighted by atomic mass is 32.1. The third-order valence-corrected chi connectivity index (χ3v) is 4.87. The van der Waals surface area contributed by atoms with Crippen LogP contribution in [0.15, 0.2) is 18.2 Å². The van der Waals surface area contributed by atoms with E-state index in [1.807, 2.05) is 30.9 Å². The van der Waals surface area contributed by atoms with E-state index in [0.717, 1.165) is 56.2 Å². The number of pyridine rings is 1. The lowest BCUT2D eigenvalue weighted by atomic mass is 10.3. The van der Waals surface area contributed by atoms with Gasteiger partial charge in [-0.15, -0.1) is 5.10 Å². The first-order valence-corrected chi connectivity index (χ1v) is 8.64. The molecule has 2 aromatic rings. The van der Waals surface area contributed by atoms with Crippen molar-refractivity contribution in [2.45, 2.75) is 26.8 Å². The molecule has 0 N–H and O–H groups in total. The zero-order chi connectivity index (χ0) is 16.2. The van der Waals surface area contributed by atoms with Gasteiger partial charge >= 0.3 is 0 Å². The second kappa shape index (κ2) is 7.14. The van der Waals surface area contributed by atoms with E-state index < -0.39 is 0 Å². The lowest BCUT2D eigenvalue weighted by molar-refractivity contribution is 0.0765. The summed E-state index contributed by atoms with van der Waals surface area (Å²) in [4.78, 5) is 22.1. The van der Waals surface area contributed by atoms with Gasteiger partial charge in [-0.1, -0.05) is 10.6 Å². The Labute approximate surface area is 140 Å². The molecule has 0 atom stereocenters. The molecular weight excluding hydrogens is 310 g/mol. The Morgan fingerprint density at radius 1 is 1.22 bits per heavy atom. The van der Waals surface area contributed by atoms with Crippen molar-refractivity contribution < 1.29 is 4.79 Å². The summed E-state index contributed by atoms with van der Waals surface area (Å²) in [5.74, 6) is 0.0630. The molecule has 0 spiro atoms. The molecule has 0 unspecified atom stereocenters. The summed E-state index contributed by atoms with van der Waals surface area (Å²) in [6.07, 6.45) is 0.975. The Hall–Kier alpha value is -1.86. The number of amides is 1. The van der Waals surface area contributed by atoms with Crippen LogP contribution in [-0.2, 0) is 6.54 Å². The van der Waals surface area contributed by atoms with E-state index in [4.69, 9.17) is 0 Å². The maximum atomic E-state index is 12.6. The summed E-state index contributed by atoms with van der Waals surface area (Å²) in [5, 5.41) is 3.94. The van der Waals surface area contributed by atoms with Crippen LogP contribution in [0.1, 0.15) is 33.2 Å². The standard InChI is InChI=1S/C16H21N5OS/c1-12-5-3-6-14(17-12)11-20-7-4-8-21(10-9-20)16(22)15-13(2)18-19-23-15/h3,5-6H,4,7-11H2,1-2H3. The van der Waals surface area contributed by atoms with E-state index in [9.17, 15) is 4.79 Å². The van der Waals surface area contributed by atoms with Crippen LogP contribution in [0.25, 0.3) is 0 Å². The maximum Gasteiger partial charge on any atom is 0.267 e. The van der Waals surface area contributed by atoms with Crippen molar-refractivity contribution in [3.05, 3.63) is 40.2 Å². The van der Waals surface area contributed by atoms with Crippen LogP contribution in [0.4, 0.5) is 0 Å². The van der Waals surface area contributed by atoms with Gasteiger partial charge in [-0.25, -0.2) is 0 Å². The van der Waals surface area contributed by atoms with Crippen LogP contribution < -0.4 is 0 Å². The summed E-state index contributed by atoms with van der Waals surface area (Å²) in [6.45, 7) is 8.06. The highest BCUT2D eigenvalue weighted by molar-refractivity contribution is 7.07. The molecule has 122 valence electrons. The van der Waals surface area contributed by atoms with E-state index >= 15 is 0 Å². The van der Waals surface area contributed by atoms with E-state index in [1.54, 1.807) is 0 Å². The van der Waals surface area contributed by atoms with Crippen LogP contribution in [0.3, 0.4) is 0 Å². The largest absolute Gasteiger partial charge is 0.337 e. The molecule has 1 amide bonds. The molecule has 6 nitrogen and oxygen atoms in total. The molecule has 0 radical (unpaired) electrons. The van der Waals surface area contributed by atoms with E-state index in [2.05, 4.69) is 25.5 Å². The van der Waals surface area contributed by atoms with E-state index in [1.165, 1.54) is 11.5 Å². The number of rotatable bonds is 3. The lowest BCUT2D eigenvalue weighted by Crippen LogP contribution is -2.35. The smallest absolute Gasteiger partial charge is 0.267 e. The van der Waals surface area contributed by atoms with Crippen molar-refractivity contribution in [1.29, 1.82) is 0 Å². The number of hydrogen-bond donors (Lipinski definition) is 0. The minimum absolute atomic E-state index is 0.0630. The molecule has 2 aromatic heterocycles. The van der Waals surface area contributed by atoms with Gasteiger partial charge in [0, 0.05) is 38.4 Å². The number of hydrogen-bond acceptors (Lipinski definition) is 6. The Bertz CT molecular complexity index is 687. The Balaban J connectivity index is 1.61. The Morgan fingerprint density at radius 2 is 2.09 bits per heavy atom. The van der Waals surface area contributed by atoms with Crippen LogP contribution >= 0.6 is 11.5 Å². The van der Waals surface area contributed by atoms with Crippen molar-refractivity contribution in [2.24, 2.45) is 0 Å². The quantitative estimate of drug-likeness (QED) is 0.859. The van der Waals surface area contributed by atoms with Crippen molar-refractivity contribution in [1.82, 2.24) is 24.4 Å². The highest BCUT2D eigenvalue weighted by Crippen LogP contribution is 2.15. The molecule has 1 aliphatic rings. The predicted molar refractivity (Wildman–Crippen MR) is 89.4 cm³/mol. The minimum Gasteiger partial charge on any atom is -0.337 e. The van der Waals surface area contributed by atoms with Gasteiger partial charge in [0.25, 0.3) is 5.91 Å². The third-order valence-electron chi connectivity index (χ3n) is 4.05. The Kier molecular flexibility index (Phi) is 4.97. The van der Waals surface area contributed by atoms with Gasteiger partial charge in [0.2, 0.25) is 0 Å². The summed E-state index contributed by atoms with van der Waals surface area (Å²) < 4.78 is 3.87. The zero-order valence-corrected chi connectivity index (χ0v) is 14.3.